The van der Waals surface area contributed by atoms with Crippen molar-refractivity contribution in [1.82, 2.24) is 4.98 Å². The Kier molecular flexibility index (Phi) is 3.67. The van der Waals surface area contributed by atoms with Gasteiger partial charge in [0, 0.05) is 22.7 Å². The number of carbonyl (C=O) groups excluding carboxylic acids is 1. The van der Waals surface area contributed by atoms with Crippen LogP contribution in [0, 0.1) is 12.7 Å². The van der Waals surface area contributed by atoms with Crippen LogP contribution in [0.1, 0.15) is 22.8 Å². The number of rotatable bonds is 2. The molecule has 3 aromatic rings. The molecule has 0 saturated heterocycles. The van der Waals surface area contributed by atoms with Crippen molar-refractivity contribution in [3.8, 4) is 11.1 Å². The minimum absolute atomic E-state index is 0.0143. The number of pyridine rings is 1. The molecular weight excluding hydrogens is 301 g/mol. The summed E-state index contributed by atoms with van der Waals surface area (Å²) >= 11 is 6.21. The molecule has 2 aromatic carbocycles. The quantitative estimate of drug-likeness (QED) is 0.608. The minimum atomic E-state index is -0.380. The molecule has 2 nitrogen and oxygen atoms in total. The molecule has 0 spiro atoms. The molecule has 4 heteroatoms. The Morgan fingerprint density at radius 2 is 1.95 bits per heavy atom. The molecule has 0 atom stereocenters. The van der Waals surface area contributed by atoms with Crippen molar-refractivity contribution < 1.29 is 9.18 Å². The van der Waals surface area contributed by atoms with E-state index >= 15 is 0 Å². The van der Waals surface area contributed by atoms with Crippen molar-refractivity contribution in [3.05, 3.63) is 64.6 Å². The Hall–Kier alpha value is -2.26. The van der Waals surface area contributed by atoms with Crippen LogP contribution < -0.4 is 0 Å². The van der Waals surface area contributed by atoms with E-state index in [1.165, 1.54) is 19.1 Å². The third-order valence-electron chi connectivity index (χ3n) is 3.66. The van der Waals surface area contributed by atoms with Gasteiger partial charge < -0.3 is 0 Å². The summed E-state index contributed by atoms with van der Waals surface area (Å²) in [6.45, 7) is 3.44. The molecule has 0 saturated carbocycles. The highest BCUT2D eigenvalue weighted by atomic mass is 35.5. The number of fused-ring (bicyclic) bond motifs is 1. The van der Waals surface area contributed by atoms with Crippen LogP contribution in [0.4, 0.5) is 4.39 Å². The number of carbonyl (C=O) groups is 1. The van der Waals surface area contributed by atoms with Crippen LogP contribution in [0.15, 0.2) is 42.6 Å². The van der Waals surface area contributed by atoms with Crippen LogP contribution in [0.5, 0.6) is 0 Å². The minimum Gasteiger partial charge on any atom is -0.295 e. The standard InChI is InChI=1S/C18H13ClFNO/c1-10-9-21-17-6-3-12(11(2)22)7-15(17)18(10)14-5-4-13(20)8-16(14)19/h3-9H,1-2H3. The van der Waals surface area contributed by atoms with Crippen LogP contribution in [-0.4, -0.2) is 10.8 Å². The first kappa shape index (κ1) is 14.7. The van der Waals surface area contributed by atoms with E-state index in [1.807, 2.05) is 19.1 Å². The average molecular weight is 314 g/mol. The third-order valence-corrected chi connectivity index (χ3v) is 3.98. The summed E-state index contributed by atoms with van der Waals surface area (Å²) in [5.74, 6) is -0.395. The summed E-state index contributed by atoms with van der Waals surface area (Å²) in [6.07, 6.45) is 1.75. The lowest BCUT2D eigenvalue weighted by Crippen LogP contribution is -1.95. The van der Waals surface area contributed by atoms with Crippen molar-refractivity contribution in [2.24, 2.45) is 0 Å². The third kappa shape index (κ3) is 2.48. The van der Waals surface area contributed by atoms with Gasteiger partial charge in [-0.3, -0.25) is 9.78 Å². The average Bonchev–Trinajstić information content (AvgIpc) is 2.47. The van der Waals surface area contributed by atoms with Crippen LogP contribution in [0.25, 0.3) is 22.0 Å². The monoisotopic (exact) mass is 313 g/mol. The molecule has 22 heavy (non-hydrogen) atoms. The Bertz CT molecular complexity index is 905. The fourth-order valence-corrected chi connectivity index (χ4v) is 2.82. The molecule has 0 aliphatic carbocycles. The lowest BCUT2D eigenvalue weighted by molar-refractivity contribution is 0.101. The SMILES string of the molecule is CC(=O)c1ccc2ncc(C)c(-c3ccc(F)cc3Cl)c2c1. The Morgan fingerprint density at radius 3 is 2.64 bits per heavy atom. The van der Waals surface area contributed by atoms with Gasteiger partial charge in [0.25, 0.3) is 0 Å². The molecule has 0 bridgehead atoms. The number of halogens is 2. The number of hydrogen-bond acceptors (Lipinski definition) is 2. The zero-order valence-electron chi connectivity index (χ0n) is 12.2. The van der Waals surface area contributed by atoms with E-state index < -0.39 is 0 Å². The van der Waals surface area contributed by atoms with Crippen molar-refractivity contribution in [1.29, 1.82) is 0 Å². The number of nitrogens with zero attached hydrogens (tertiary/aromatic N) is 1. The van der Waals surface area contributed by atoms with Gasteiger partial charge in [0.2, 0.25) is 0 Å². The molecule has 0 amide bonds. The number of Topliss-reactive ketones (excluding diaryl/α,β-unsaturated/α-hetero) is 1. The summed E-state index contributed by atoms with van der Waals surface area (Å²) < 4.78 is 13.3. The summed E-state index contributed by atoms with van der Waals surface area (Å²) in [5, 5.41) is 1.17. The highest BCUT2D eigenvalue weighted by Crippen LogP contribution is 2.36. The molecule has 0 aliphatic rings. The first-order chi connectivity index (χ1) is 10.5. The van der Waals surface area contributed by atoms with Gasteiger partial charge in [0.15, 0.2) is 5.78 Å². The lowest BCUT2D eigenvalue weighted by Gasteiger charge is -2.12. The molecule has 1 heterocycles. The van der Waals surface area contributed by atoms with Gasteiger partial charge in [0.05, 0.1) is 10.5 Å². The largest absolute Gasteiger partial charge is 0.295 e. The van der Waals surface area contributed by atoms with Crippen molar-refractivity contribution in [3.63, 3.8) is 0 Å². The zero-order chi connectivity index (χ0) is 15.9. The zero-order valence-corrected chi connectivity index (χ0v) is 12.9. The highest BCUT2D eigenvalue weighted by molar-refractivity contribution is 6.33. The summed E-state index contributed by atoms with van der Waals surface area (Å²) in [6, 6.07) is 9.70. The number of hydrogen-bond donors (Lipinski definition) is 0. The van der Waals surface area contributed by atoms with Crippen LogP contribution in [0.2, 0.25) is 5.02 Å². The van der Waals surface area contributed by atoms with E-state index in [1.54, 1.807) is 18.3 Å². The van der Waals surface area contributed by atoms with Gasteiger partial charge in [-0.1, -0.05) is 11.6 Å². The first-order valence-corrected chi connectivity index (χ1v) is 7.21. The van der Waals surface area contributed by atoms with E-state index in [2.05, 4.69) is 4.98 Å². The van der Waals surface area contributed by atoms with Gasteiger partial charge >= 0.3 is 0 Å². The van der Waals surface area contributed by atoms with Crippen LogP contribution in [-0.2, 0) is 0 Å². The maximum absolute atomic E-state index is 13.3. The normalized spacial score (nSPS) is 10.9. The molecule has 0 fully saturated rings. The second-order valence-electron chi connectivity index (χ2n) is 5.23. The number of benzene rings is 2. The molecule has 110 valence electrons. The van der Waals surface area contributed by atoms with Gasteiger partial charge in [-0.25, -0.2) is 4.39 Å². The number of aryl methyl sites for hydroxylation is 1. The van der Waals surface area contributed by atoms with Gasteiger partial charge in [0.1, 0.15) is 5.82 Å². The fraction of sp³-hybridized carbons (Fsp3) is 0.111. The highest BCUT2D eigenvalue weighted by Gasteiger charge is 2.13. The Labute approximate surface area is 132 Å². The summed E-state index contributed by atoms with van der Waals surface area (Å²) in [7, 11) is 0. The molecule has 3 rings (SSSR count). The lowest BCUT2D eigenvalue weighted by atomic mass is 9.95. The Morgan fingerprint density at radius 1 is 1.18 bits per heavy atom. The van der Waals surface area contributed by atoms with E-state index in [0.29, 0.717) is 10.6 Å². The van der Waals surface area contributed by atoms with Gasteiger partial charge in [-0.05, 0) is 61.4 Å². The van der Waals surface area contributed by atoms with Crippen molar-refractivity contribution >= 4 is 28.3 Å². The van der Waals surface area contributed by atoms with Gasteiger partial charge in [-0.15, -0.1) is 0 Å². The molecule has 1 aromatic heterocycles. The maximum atomic E-state index is 13.3. The van der Waals surface area contributed by atoms with Gasteiger partial charge in [-0.2, -0.15) is 0 Å². The number of aromatic nitrogens is 1. The maximum Gasteiger partial charge on any atom is 0.159 e. The molecule has 0 radical (unpaired) electrons. The smallest absolute Gasteiger partial charge is 0.159 e. The molecule has 0 aliphatic heterocycles. The van der Waals surface area contributed by atoms with Crippen molar-refractivity contribution in [2.75, 3.05) is 0 Å². The fourth-order valence-electron chi connectivity index (χ4n) is 2.56. The topological polar surface area (TPSA) is 30.0 Å². The van der Waals surface area contributed by atoms with Crippen LogP contribution in [0.3, 0.4) is 0 Å². The predicted octanol–water partition coefficient (Wildman–Crippen LogP) is 5.21. The van der Waals surface area contributed by atoms with E-state index in [4.69, 9.17) is 11.6 Å². The van der Waals surface area contributed by atoms with E-state index in [-0.39, 0.29) is 11.6 Å². The molecule has 0 unspecified atom stereocenters. The second kappa shape index (κ2) is 5.50. The molecular formula is C18H13ClFNO. The second-order valence-corrected chi connectivity index (χ2v) is 5.64. The number of ketones is 1. The molecule has 0 N–H and O–H groups in total. The summed E-state index contributed by atoms with van der Waals surface area (Å²) in [5.41, 5.74) is 3.90. The Balaban J connectivity index is 2.38. The van der Waals surface area contributed by atoms with E-state index in [9.17, 15) is 9.18 Å². The van der Waals surface area contributed by atoms with Crippen molar-refractivity contribution in [2.45, 2.75) is 13.8 Å². The van der Waals surface area contributed by atoms with Crippen LogP contribution >= 0.6 is 11.6 Å². The predicted molar refractivity (Wildman–Crippen MR) is 86.9 cm³/mol. The first-order valence-electron chi connectivity index (χ1n) is 6.83. The summed E-state index contributed by atoms with van der Waals surface area (Å²) in [4.78, 5) is 16.0. The van der Waals surface area contributed by atoms with E-state index in [0.717, 1.165) is 27.6 Å².